The van der Waals surface area contributed by atoms with E-state index in [1.54, 1.807) is 0 Å². The average molecular weight is 423 g/mol. The SMILES string of the molecule is CN(C)S(=O)(=O)Oc1ccccc1C(=O)Nc1cc(C(F)(F)F)ccc1Cl. The van der Waals surface area contributed by atoms with Crippen molar-refractivity contribution in [2.75, 3.05) is 19.4 Å². The smallest absolute Gasteiger partial charge is 0.370 e. The minimum atomic E-state index is -4.62. The van der Waals surface area contributed by atoms with E-state index in [0.29, 0.717) is 6.07 Å². The summed E-state index contributed by atoms with van der Waals surface area (Å²) in [5.41, 5.74) is -1.47. The summed E-state index contributed by atoms with van der Waals surface area (Å²) in [7, 11) is -1.66. The lowest BCUT2D eigenvalue weighted by molar-refractivity contribution is -0.137. The van der Waals surface area contributed by atoms with Crippen LogP contribution in [0.4, 0.5) is 18.9 Å². The van der Waals surface area contributed by atoms with Crippen LogP contribution in [0.2, 0.25) is 5.02 Å². The van der Waals surface area contributed by atoms with Crippen LogP contribution in [-0.2, 0) is 16.5 Å². The second kappa shape index (κ2) is 7.75. The third-order valence-corrected chi connectivity index (χ3v) is 4.93. The lowest BCUT2D eigenvalue weighted by atomic mass is 10.1. The Kier molecular flexibility index (Phi) is 6.03. The Morgan fingerprint density at radius 1 is 1.15 bits per heavy atom. The summed E-state index contributed by atoms with van der Waals surface area (Å²) in [5, 5.41) is 2.12. The molecule has 11 heteroatoms. The van der Waals surface area contributed by atoms with Crippen LogP contribution in [0.15, 0.2) is 42.5 Å². The van der Waals surface area contributed by atoms with Crippen molar-refractivity contribution in [1.29, 1.82) is 0 Å². The van der Waals surface area contributed by atoms with Gasteiger partial charge in [-0.15, -0.1) is 0 Å². The highest BCUT2D eigenvalue weighted by Crippen LogP contribution is 2.34. The van der Waals surface area contributed by atoms with E-state index in [2.05, 4.69) is 5.32 Å². The molecule has 2 aromatic rings. The van der Waals surface area contributed by atoms with Gasteiger partial charge in [0.15, 0.2) is 5.75 Å². The molecule has 0 radical (unpaired) electrons. The molecule has 2 aromatic carbocycles. The largest absolute Gasteiger partial charge is 0.416 e. The van der Waals surface area contributed by atoms with Gasteiger partial charge in [0.05, 0.1) is 21.8 Å². The first-order valence-corrected chi connectivity index (χ1v) is 9.05. The molecule has 2 rings (SSSR count). The van der Waals surface area contributed by atoms with Gasteiger partial charge in [-0.1, -0.05) is 23.7 Å². The van der Waals surface area contributed by atoms with Gasteiger partial charge in [-0.05, 0) is 30.3 Å². The van der Waals surface area contributed by atoms with Crippen molar-refractivity contribution >= 4 is 33.5 Å². The van der Waals surface area contributed by atoms with Crippen molar-refractivity contribution in [3.63, 3.8) is 0 Å². The maximum absolute atomic E-state index is 12.8. The molecule has 6 nitrogen and oxygen atoms in total. The Bertz CT molecular complexity index is 962. The van der Waals surface area contributed by atoms with E-state index >= 15 is 0 Å². The molecule has 1 N–H and O–H groups in total. The van der Waals surface area contributed by atoms with Crippen LogP contribution in [0.1, 0.15) is 15.9 Å². The molecule has 0 aromatic heterocycles. The number of carbonyl (C=O) groups is 1. The molecule has 0 unspecified atom stereocenters. The Morgan fingerprint density at radius 2 is 1.78 bits per heavy atom. The quantitative estimate of drug-likeness (QED) is 0.795. The van der Waals surface area contributed by atoms with E-state index in [9.17, 15) is 26.4 Å². The summed E-state index contributed by atoms with van der Waals surface area (Å²) >= 11 is 5.85. The fraction of sp³-hybridized carbons (Fsp3) is 0.188. The van der Waals surface area contributed by atoms with Gasteiger partial charge in [0.2, 0.25) is 0 Å². The second-order valence-corrected chi connectivity index (χ2v) is 7.63. The fourth-order valence-electron chi connectivity index (χ4n) is 1.90. The topological polar surface area (TPSA) is 75.7 Å². The molecule has 0 spiro atoms. The van der Waals surface area contributed by atoms with Gasteiger partial charge >= 0.3 is 16.5 Å². The molecule has 0 bridgehead atoms. The molecule has 0 aliphatic carbocycles. The molecule has 0 fully saturated rings. The molecular formula is C16H14ClF3N2O4S. The molecule has 0 heterocycles. The average Bonchev–Trinajstić information content (AvgIpc) is 2.55. The van der Waals surface area contributed by atoms with E-state index in [-0.39, 0.29) is 22.0 Å². The fourth-order valence-corrected chi connectivity index (χ4v) is 2.59. The number of hydrogen-bond donors (Lipinski definition) is 1. The maximum Gasteiger partial charge on any atom is 0.416 e. The van der Waals surface area contributed by atoms with Crippen molar-refractivity contribution in [3.05, 3.63) is 58.6 Å². The Morgan fingerprint density at radius 3 is 2.37 bits per heavy atom. The van der Waals surface area contributed by atoms with Crippen molar-refractivity contribution in [2.45, 2.75) is 6.18 Å². The number of carbonyl (C=O) groups excluding carboxylic acids is 1. The highest BCUT2D eigenvalue weighted by Gasteiger charge is 2.31. The van der Waals surface area contributed by atoms with Crippen LogP contribution < -0.4 is 9.50 Å². The Balaban J connectivity index is 2.35. The first kappa shape index (κ1) is 21.0. The van der Waals surface area contributed by atoms with Gasteiger partial charge in [0, 0.05) is 14.1 Å². The normalized spacial score (nSPS) is 12.1. The third-order valence-electron chi connectivity index (χ3n) is 3.32. The number of anilines is 1. The van der Waals surface area contributed by atoms with Gasteiger partial charge < -0.3 is 9.50 Å². The van der Waals surface area contributed by atoms with E-state index < -0.39 is 28.0 Å². The molecular weight excluding hydrogens is 409 g/mol. The van der Waals surface area contributed by atoms with Crippen molar-refractivity contribution in [1.82, 2.24) is 4.31 Å². The summed E-state index contributed by atoms with van der Waals surface area (Å²) in [4.78, 5) is 12.5. The highest BCUT2D eigenvalue weighted by atomic mass is 35.5. The predicted octanol–water partition coefficient (Wildman–Crippen LogP) is 3.80. The van der Waals surface area contributed by atoms with E-state index in [4.69, 9.17) is 15.8 Å². The number of alkyl halides is 3. The van der Waals surface area contributed by atoms with Crippen LogP contribution in [0.25, 0.3) is 0 Å². The highest BCUT2D eigenvalue weighted by molar-refractivity contribution is 7.84. The Hall–Kier alpha value is -2.30. The number of halogens is 4. The number of benzene rings is 2. The minimum absolute atomic E-state index is 0.115. The van der Waals surface area contributed by atoms with Gasteiger partial charge in [-0.25, -0.2) is 0 Å². The molecule has 0 aliphatic heterocycles. The third kappa shape index (κ3) is 5.12. The van der Waals surface area contributed by atoms with Gasteiger partial charge in [-0.3, -0.25) is 4.79 Å². The minimum Gasteiger partial charge on any atom is -0.370 e. The van der Waals surface area contributed by atoms with Crippen LogP contribution in [-0.4, -0.2) is 32.7 Å². The lowest BCUT2D eigenvalue weighted by Gasteiger charge is -2.15. The summed E-state index contributed by atoms with van der Waals surface area (Å²) in [6, 6.07) is 7.84. The summed E-state index contributed by atoms with van der Waals surface area (Å²) < 4.78 is 67.9. The number of hydrogen-bond acceptors (Lipinski definition) is 4. The van der Waals surface area contributed by atoms with Gasteiger partial charge in [0.1, 0.15) is 0 Å². The standard InChI is InChI=1S/C16H14ClF3N2O4S/c1-22(2)27(24,25)26-14-6-4-3-5-11(14)15(23)21-13-9-10(16(18,19)20)7-8-12(13)17/h3-9H,1-2H3,(H,21,23). The van der Waals surface area contributed by atoms with E-state index in [1.165, 1.54) is 38.4 Å². The number of amides is 1. The molecule has 1 amide bonds. The second-order valence-electron chi connectivity index (χ2n) is 5.47. The number of rotatable bonds is 5. The van der Waals surface area contributed by atoms with Crippen molar-refractivity contribution in [3.8, 4) is 5.75 Å². The van der Waals surface area contributed by atoms with Crippen LogP contribution in [0.5, 0.6) is 5.75 Å². The molecule has 146 valence electrons. The Labute approximate surface area is 158 Å². The number of nitrogens with zero attached hydrogens (tertiary/aromatic N) is 1. The van der Waals surface area contributed by atoms with Gasteiger partial charge in [0.25, 0.3) is 5.91 Å². The zero-order valence-corrected chi connectivity index (χ0v) is 15.6. The number of para-hydroxylation sites is 1. The van der Waals surface area contributed by atoms with Crippen molar-refractivity contribution < 1.29 is 30.6 Å². The van der Waals surface area contributed by atoms with Gasteiger partial charge in [-0.2, -0.15) is 25.9 Å². The number of nitrogens with one attached hydrogen (secondary N) is 1. The summed E-state index contributed by atoms with van der Waals surface area (Å²) in [5.74, 6) is -1.17. The van der Waals surface area contributed by atoms with Crippen molar-refractivity contribution in [2.24, 2.45) is 0 Å². The molecule has 0 atom stereocenters. The first-order valence-electron chi connectivity index (χ1n) is 7.31. The first-order chi connectivity index (χ1) is 12.4. The lowest BCUT2D eigenvalue weighted by Crippen LogP contribution is -2.28. The van der Waals surface area contributed by atoms with Crippen LogP contribution in [0, 0.1) is 0 Å². The zero-order chi connectivity index (χ0) is 20.4. The molecule has 0 aliphatic rings. The monoisotopic (exact) mass is 422 g/mol. The van der Waals surface area contributed by atoms with Crippen LogP contribution >= 0.6 is 11.6 Å². The zero-order valence-electron chi connectivity index (χ0n) is 14.0. The molecule has 27 heavy (non-hydrogen) atoms. The predicted molar refractivity (Wildman–Crippen MR) is 94.1 cm³/mol. The molecule has 0 saturated carbocycles. The molecule has 0 saturated heterocycles. The van der Waals surface area contributed by atoms with E-state index in [1.807, 2.05) is 0 Å². The maximum atomic E-state index is 12.8. The van der Waals surface area contributed by atoms with E-state index in [0.717, 1.165) is 16.4 Å². The summed E-state index contributed by atoms with van der Waals surface area (Å²) in [6.45, 7) is 0. The summed E-state index contributed by atoms with van der Waals surface area (Å²) in [6.07, 6.45) is -4.62. The van der Waals surface area contributed by atoms with Crippen LogP contribution in [0.3, 0.4) is 0 Å².